The fourth-order valence-corrected chi connectivity index (χ4v) is 1.51. The van der Waals surface area contributed by atoms with Crippen LogP contribution in [0.1, 0.15) is 26.7 Å². The molecule has 1 unspecified atom stereocenters. The van der Waals surface area contributed by atoms with Gasteiger partial charge >= 0.3 is 0 Å². The highest BCUT2D eigenvalue weighted by molar-refractivity contribution is 5.06. The molecule has 0 aliphatic heterocycles. The minimum atomic E-state index is -0.172. The monoisotopic (exact) mass is 126 g/mol. The first-order valence-electron chi connectivity index (χ1n) is 3.54. The van der Waals surface area contributed by atoms with Gasteiger partial charge in [0, 0.05) is 0 Å². The van der Waals surface area contributed by atoms with Crippen molar-refractivity contribution in [3.8, 4) is 0 Å². The molecule has 0 spiro atoms. The summed E-state index contributed by atoms with van der Waals surface area (Å²) in [5, 5.41) is 9.17. The van der Waals surface area contributed by atoms with E-state index in [1.165, 1.54) is 5.57 Å². The molecule has 0 radical (unpaired) electrons. The Bertz CT molecular complexity index is 127. The standard InChI is InChI=1S/C8H14O/c1-6-3-7(2)5-8(9)4-6/h4,7-9H,3,5H2,1-2H3/t7?,8-/m1/s1. The Hall–Kier alpha value is -0.300. The molecule has 0 heterocycles. The van der Waals surface area contributed by atoms with Gasteiger partial charge in [0.1, 0.15) is 0 Å². The average molecular weight is 126 g/mol. The highest BCUT2D eigenvalue weighted by Crippen LogP contribution is 2.22. The van der Waals surface area contributed by atoms with Crippen molar-refractivity contribution in [2.45, 2.75) is 32.8 Å². The smallest absolute Gasteiger partial charge is 0.0726 e. The van der Waals surface area contributed by atoms with E-state index in [4.69, 9.17) is 0 Å². The summed E-state index contributed by atoms with van der Waals surface area (Å²) in [5.41, 5.74) is 1.33. The van der Waals surface area contributed by atoms with E-state index in [9.17, 15) is 5.11 Å². The van der Waals surface area contributed by atoms with Crippen LogP contribution in [0.25, 0.3) is 0 Å². The van der Waals surface area contributed by atoms with Crippen LogP contribution in [0.4, 0.5) is 0 Å². The Morgan fingerprint density at radius 2 is 2.33 bits per heavy atom. The van der Waals surface area contributed by atoms with Crippen LogP contribution < -0.4 is 0 Å². The first-order chi connectivity index (χ1) is 4.18. The maximum absolute atomic E-state index is 9.17. The van der Waals surface area contributed by atoms with Crippen LogP contribution in [-0.4, -0.2) is 11.2 Å². The molecular weight excluding hydrogens is 112 g/mol. The van der Waals surface area contributed by atoms with Crippen LogP contribution in [0.2, 0.25) is 0 Å². The third-order valence-electron chi connectivity index (χ3n) is 1.79. The van der Waals surface area contributed by atoms with E-state index in [0.29, 0.717) is 5.92 Å². The average Bonchev–Trinajstić information content (AvgIpc) is 1.59. The molecule has 1 N–H and O–H groups in total. The van der Waals surface area contributed by atoms with Crippen molar-refractivity contribution >= 4 is 0 Å². The fourth-order valence-electron chi connectivity index (χ4n) is 1.51. The molecule has 1 rings (SSSR count). The summed E-state index contributed by atoms with van der Waals surface area (Å²) in [5.74, 6) is 0.671. The van der Waals surface area contributed by atoms with Crippen molar-refractivity contribution in [1.82, 2.24) is 0 Å². The second kappa shape index (κ2) is 2.53. The van der Waals surface area contributed by atoms with E-state index in [0.717, 1.165) is 12.8 Å². The largest absolute Gasteiger partial charge is 0.389 e. The quantitative estimate of drug-likeness (QED) is 0.490. The van der Waals surface area contributed by atoms with Gasteiger partial charge < -0.3 is 5.11 Å². The van der Waals surface area contributed by atoms with Gasteiger partial charge in [0.05, 0.1) is 6.10 Å². The lowest BCUT2D eigenvalue weighted by Crippen LogP contribution is -2.14. The van der Waals surface area contributed by atoms with E-state index in [1.54, 1.807) is 0 Å². The molecule has 0 amide bonds. The molecule has 2 atom stereocenters. The molecule has 1 heteroatoms. The van der Waals surface area contributed by atoms with E-state index in [2.05, 4.69) is 13.8 Å². The van der Waals surface area contributed by atoms with E-state index in [1.807, 2.05) is 6.08 Å². The SMILES string of the molecule is CC1=C[C@@H](O)CC(C)C1. The van der Waals surface area contributed by atoms with Crippen molar-refractivity contribution in [3.63, 3.8) is 0 Å². The lowest BCUT2D eigenvalue weighted by molar-refractivity contribution is 0.180. The summed E-state index contributed by atoms with van der Waals surface area (Å²) < 4.78 is 0. The maximum Gasteiger partial charge on any atom is 0.0726 e. The van der Waals surface area contributed by atoms with Gasteiger partial charge in [-0.05, 0) is 25.7 Å². The Balaban J connectivity index is 2.56. The van der Waals surface area contributed by atoms with Crippen LogP contribution in [0, 0.1) is 5.92 Å². The number of allylic oxidation sites excluding steroid dienone is 1. The first-order valence-corrected chi connectivity index (χ1v) is 3.54. The van der Waals surface area contributed by atoms with Crippen molar-refractivity contribution < 1.29 is 5.11 Å². The molecule has 0 aromatic heterocycles. The zero-order chi connectivity index (χ0) is 6.85. The first kappa shape index (κ1) is 6.81. The third kappa shape index (κ3) is 1.83. The Morgan fingerprint density at radius 1 is 1.67 bits per heavy atom. The molecule has 0 fully saturated rings. The number of rotatable bonds is 0. The van der Waals surface area contributed by atoms with Crippen LogP contribution in [0.5, 0.6) is 0 Å². The molecule has 52 valence electrons. The molecule has 0 saturated carbocycles. The van der Waals surface area contributed by atoms with Gasteiger partial charge in [0.25, 0.3) is 0 Å². The van der Waals surface area contributed by atoms with Gasteiger partial charge in [-0.3, -0.25) is 0 Å². The molecule has 1 aliphatic carbocycles. The molecule has 0 bridgehead atoms. The topological polar surface area (TPSA) is 20.2 Å². The molecule has 0 aromatic carbocycles. The number of aliphatic hydroxyl groups excluding tert-OH is 1. The zero-order valence-corrected chi connectivity index (χ0v) is 6.09. The normalized spacial score (nSPS) is 36.1. The van der Waals surface area contributed by atoms with Crippen LogP contribution in [-0.2, 0) is 0 Å². The fraction of sp³-hybridized carbons (Fsp3) is 0.750. The molecule has 9 heavy (non-hydrogen) atoms. The minimum Gasteiger partial charge on any atom is -0.389 e. The minimum absolute atomic E-state index is 0.172. The Labute approximate surface area is 56.4 Å². The van der Waals surface area contributed by atoms with E-state index in [-0.39, 0.29) is 6.10 Å². The summed E-state index contributed by atoms with van der Waals surface area (Å²) in [6, 6.07) is 0. The van der Waals surface area contributed by atoms with Crippen molar-refractivity contribution in [3.05, 3.63) is 11.6 Å². The summed E-state index contributed by atoms with van der Waals surface area (Å²) in [6.45, 7) is 4.26. The van der Waals surface area contributed by atoms with Gasteiger partial charge in [-0.2, -0.15) is 0 Å². The highest BCUT2D eigenvalue weighted by atomic mass is 16.3. The maximum atomic E-state index is 9.17. The number of hydrogen-bond donors (Lipinski definition) is 1. The second-order valence-corrected chi connectivity index (χ2v) is 3.13. The summed E-state index contributed by atoms with van der Waals surface area (Å²) in [6.07, 6.45) is 3.89. The predicted octanol–water partition coefficient (Wildman–Crippen LogP) is 1.72. The summed E-state index contributed by atoms with van der Waals surface area (Å²) >= 11 is 0. The third-order valence-corrected chi connectivity index (χ3v) is 1.79. The van der Waals surface area contributed by atoms with Gasteiger partial charge in [-0.25, -0.2) is 0 Å². The van der Waals surface area contributed by atoms with Gasteiger partial charge in [-0.15, -0.1) is 0 Å². The Morgan fingerprint density at radius 3 is 2.78 bits per heavy atom. The number of hydrogen-bond acceptors (Lipinski definition) is 1. The lowest BCUT2D eigenvalue weighted by Gasteiger charge is -2.20. The van der Waals surface area contributed by atoms with Crippen molar-refractivity contribution in [2.75, 3.05) is 0 Å². The van der Waals surface area contributed by atoms with Crippen molar-refractivity contribution in [2.24, 2.45) is 5.92 Å². The summed E-state index contributed by atoms with van der Waals surface area (Å²) in [4.78, 5) is 0. The molecule has 0 aromatic rings. The molecule has 0 saturated heterocycles. The second-order valence-electron chi connectivity index (χ2n) is 3.13. The molecule has 1 nitrogen and oxygen atoms in total. The molecule has 1 aliphatic rings. The molecular formula is C8H14O. The zero-order valence-electron chi connectivity index (χ0n) is 6.09. The van der Waals surface area contributed by atoms with E-state index >= 15 is 0 Å². The summed E-state index contributed by atoms with van der Waals surface area (Å²) in [7, 11) is 0. The van der Waals surface area contributed by atoms with Gasteiger partial charge in [-0.1, -0.05) is 18.6 Å². The Kier molecular flexibility index (Phi) is 1.91. The van der Waals surface area contributed by atoms with Crippen molar-refractivity contribution in [1.29, 1.82) is 0 Å². The number of aliphatic hydroxyl groups is 1. The predicted molar refractivity (Wildman–Crippen MR) is 38.2 cm³/mol. The lowest BCUT2D eigenvalue weighted by atomic mass is 9.90. The highest BCUT2D eigenvalue weighted by Gasteiger charge is 2.13. The van der Waals surface area contributed by atoms with Gasteiger partial charge in [0.15, 0.2) is 0 Å². The van der Waals surface area contributed by atoms with Crippen LogP contribution >= 0.6 is 0 Å². The van der Waals surface area contributed by atoms with Crippen LogP contribution in [0.15, 0.2) is 11.6 Å². The van der Waals surface area contributed by atoms with E-state index < -0.39 is 0 Å². The van der Waals surface area contributed by atoms with Gasteiger partial charge in [0.2, 0.25) is 0 Å². The van der Waals surface area contributed by atoms with Crippen LogP contribution in [0.3, 0.4) is 0 Å².